The lowest BCUT2D eigenvalue weighted by Gasteiger charge is -2.05. The predicted octanol–water partition coefficient (Wildman–Crippen LogP) is 3.75. The Morgan fingerprint density at radius 3 is 2.30 bits per heavy atom. The molecule has 2 aromatic heterocycles. The zero-order chi connectivity index (χ0) is 13.7. The Morgan fingerprint density at radius 1 is 0.850 bits per heavy atom. The van der Waals surface area contributed by atoms with Crippen molar-refractivity contribution in [3.8, 4) is 5.75 Å². The summed E-state index contributed by atoms with van der Waals surface area (Å²) in [4.78, 5) is 0. The maximum atomic E-state index is 10.2. The van der Waals surface area contributed by atoms with Crippen molar-refractivity contribution in [3.05, 3.63) is 66.5 Å². The number of fused-ring (bicyclic) bond motifs is 5. The SMILES string of the molecule is Cc1cc2ccccc2c2c3ccccc3c(O)c[n+]12. The molecule has 2 nitrogen and oxygen atoms in total. The monoisotopic (exact) mass is 260 g/mol. The van der Waals surface area contributed by atoms with E-state index in [9.17, 15) is 5.11 Å². The van der Waals surface area contributed by atoms with Gasteiger partial charge in [0.25, 0.3) is 0 Å². The van der Waals surface area contributed by atoms with Crippen LogP contribution in [0.5, 0.6) is 5.75 Å². The third kappa shape index (κ3) is 1.42. The molecule has 0 bridgehead atoms. The van der Waals surface area contributed by atoms with Gasteiger partial charge >= 0.3 is 0 Å². The molecule has 96 valence electrons. The first-order valence-corrected chi connectivity index (χ1v) is 6.70. The molecule has 0 unspecified atom stereocenters. The van der Waals surface area contributed by atoms with Crippen LogP contribution < -0.4 is 4.40 Å². The van der Waals surface area contributed by atoms with Gasteiger partial charge in [0, 0.05) is 18.4 Å². The number of hydrogen-bond donors (Lipinski definition) is 1. The van der Waals surface area contributed by atoms with Gasteiger partial charge in [0.15, 0.2) is 11.4 Å². The van der Waals surface area contributed by atoms with Gasteiger partial charge in [-0.25, -0.2) is 0 Å². The van der Waals surface area contributed by atoms with E-state index in [0.717, 1.165) is 22.0 Å². The summed E-state index contributed by atoms with van der Waals surface area (Å²) in [6, 6.07) is 18.5. The fraction of sp³-hybridized carbons (Fsp3) is 0.0556. The van der Waals surface area contributed by atoms with E-state index in [2.05, 4.69) is 47.7 Å². The second-order valence-corrected chi connectivity index (χ2v) is 5.15. The normalized spacial score (nSPS) is 11.4. The van der Waals surface area contributed by atoms with Crippen LogP contribution in [0.3, 0.4) is 0 Å². The van der Waals surface area contributed by atoms with Crippen molar-refractivity contribution in [3.63, 3.8) is 0 Å². The fourth-order valence-electron chi connectivity index (χ4n) is 2.99. The van der Waals surface area contributed by atoms with Gasteiger partial charge in [0.05, 0.1) is 10.8 Å². The summed E-state index contributed by atoms with van der Waals surface area (Å²) in [6.07, 6.45) is 1.80. The number of aromatic hydroxyl groups is 1. The molecule has 20 heavy (non-hydrogen) atoms. The van der Waals surface area contributed by atoms with Gasteiger partial charge in [0.2, 0.25) is 11.7 Å². The number of rotatable bonds is 0. The summed E-state index contributed by atoms with van der Waals surface area (Å²) in [5.74, 6) is 0.316. The Balaban J connectivity index is 2.42. The van der Waals surface area contributed by atoms with Gasteiger partial charge in [-0.15, -0.1) is 0 Å². The summed E-state index contributed by atoms with van der Waals surface area (Å²) < 4.78 is 2.07. The fourth-order valence-corrected chi connectivity index (χ4v) is 2.99. The van der Waals surface area contributed by atoms with Gasteiger partial charge in [0.1, 0.15) is 0 Å². The van der Waals surface area contributed by atoms with Crippen molar-refractivity contribution < 1.29 is 9.51 Å². The van der Waals surface area contributed by atoms with Crippen LogP contribution in [0, 0.1) is 6.92 Å². The summed E-state index contributed by atoms with van der Waals surface area (Å²) in [5, 5.41) is 14.6. The van der Waals surface area contributed by atoms with Crippen molar-refractivity contribution in [2.24, 2.45) is 0 Å². The molecule has 0 fully saturated rings. The molecule has 0 aliphatic rings. The molecule has 2 heteroatoms. The van der Waals surface area contributed by atoms with E-state index in [1.54, 1.807) is 6.20 Å². The van der Waals surface area contributed by atoms with Crippen LogP contribution in [0.25, 0.3) is 27.1 Å². The van der Waals surface area contributed by atoms with E-state index in [-0.39, 0.29) is 0 Å². The zero-order valence-corrected chi connectivity index (χ0v) is 11.2. The molecule has 0 radical (unpaired) electrons. The van der Waals surface area contributed by atoms with Gasteiger partial charge in [-0.05, 0) is 17.5 Å². The molecule has 2 heterocycles. The van der Waals surface area contributed by atoms with E-state index in [0.29, 0.717) is 5.75 Å². The van der Waals surface area contributed by atoms with Crippen LogP contribution in [0.2, 0.25) is 0 Å². The van der Waals surface area contributed by atoms with Crippen LogP contribution in [0.15, 0.2) is 60.8 Å². The second-order valence-electron chi connectivity index (χ2n) is 5.15. The standard InChI is InChI=1S/C18H13NO/c1-12-10-13-6-2-3-7-14(13)18-16-9-5-4-8-15(16)17(20)11-19(12)18/h2-11H,1H3/p+1. The molecular weight excluding hydrogens is 246 g/mol. The molecule has 0 aliphatic carbocycles. The average molecular weight is 260 g/mol. The molecule has 1 N–H and O–H groups in total. The minimum atomic E-state index is 0.316. The van der Waals surface area contributed by atoms with Crippen LogP contribution >= 0.6 is 0 Å². The Kier molecular flexibility index (Phi) is 2.21. The Hall–Kier alpha value is -2.61. The highest BCUT2D eigenvalue weighted by Crippen LogP contribution is 2.29. The molecule has 0 amide bonds. The highest BCUT2D eigenvalue weighted by molar-refractivity contribution is 6.08. The highest BCUT2D eigenvalue weighted by atomic mass is 16.3. The first-order valence-electron chi connectivity index (χ1n) is 6.70. The number of benzene rings is 2. The first-order chi connectivity index (χ1) is 9.75. The summed E-state index contributed by atoms with van der Waals surface area (Å²) in [5.41, 5.74) is 2.26. The van der Waals surface area contributed by atoms with Crippen molar-refractivity contribution in [2.45, 2.75) is 6.92 Å². The van der Waals surface area contributed by atoms with Crippen LogP contribution in [-0.2, 0) is 0 Å². The van der Waals surface area contributed by atoms with Gasteiger partial charge in [-0.2, -0.15) is 4.40 Å². The predicted molar refractivity (Wildman–Crippen MR) is 81.0 cm³/mol. The number of nitrogens with zero attached hydrogens (tertiary/aromatic N) is 1. The minimum absolute atomic E-state index is 0.316. The molecule has 0 aliphatic heterocycles. The maximum Gasteiger partial charge on any atom is 0.226 e. The lowest BCUT2D eigenvalue weighted by Crippen LogP contribution is -2.25. The van der Waals surface area contributed by atoms with E-state index < -0.39 is 0 Å². The van der Waals surface area contributed by atoms with E-state index in [1.165, 1.54) is 10.8 Å². The molecular formula is C18H14NO+. The Morgan fingerprint density at radius 2 is 1.50 bits per heavy atom. The van der Waals surface area contributed by atoms with Crippen molar-refractivity contribution in [1.82, 2.24) is 0 Å². The smallest absolute Gasteiger partial charge is 0.226 e. The number of aromatic nitrogens is 1. The van der Waals surface area contributed by atoms with Crippen molar-refractivity contribution >= 4 is 27.1 Å². The van der Waals surface area contributed by atoms with Crippen molar-refractivity contribution in [2.75, 3.05) is 0 Å². The number of hydrogen-bond acceptors (Lipinski definition) is 1. The topological polar surface area (TPSA) is 24.3 Å². The number of pyridine rings is 2. The van der Waals surface area contributed by atoms with Crippen LogP contribution in [0.4, 0.5) is 0 Å². The van der Waals surface area contributed by atoms with E-state index >= 15 is 0 Å². The van der Waals surface area contributed by atoms with Crippen LogP contribution in [-0.4, -0.2) is 5.11 Å². The molecule has 0 atom stereocenters. The number of aryl methyl sites for hydroxylation is 1. The van der Waals surface area contributed by atoms with Gasteiger partial charge in [-0.3, -0.25) is 0 Å². The third-order valence-electron chi connectivity index (χ3n) is 3.91. The third-order valence-corrected chi connectivity index (χ3v) is 3.91. The zero-order valence-electron chi connectivity index (χ0n) is 11.2. The quantitative estimate of drug-likeness (QED) is 0.378. The van der Waals surface area contributed by atoms with Gasteiger partial charge in [-0.1, -0.05) is 36.4 Å². The largest absolute Gasteiger partial charge is 0.502 e. The average Bonchev–Trinajstić information content (AvgIpc) is 2.48. The second kappa shape index (κ2) is 3.94. The molecule has 4 rings (SSSR count). The lowest BCUT2D eigenvalue weighted by atomic mass is 10.0. The van der Waals surface area contributed by atoms with Crippen molar-refractivity contribution in [1.29, 1.82) is 0 Å². The highest BCUT2D eigenvalue weighted by Gasteiger charge is 2.17. The first kappa shape index (κ1) is 11.2. The molecule has 4 aromatic rings. The molecule has 0 saturated carbocycles. The van der Waals surface area contributed by atoms with E-state index in [1.807, 2.05) is 18.2 Å². The molecule has 0 saturated heterocycles. The lowest BCUT2D eigenvalue weighted by molar-refractivity contribution is -0.518. The van der Waals surface area contributed by atoms with Crippen LogP contribution in [0.1, 0.15) is 5.69 Å². The molecule has 0 spiro atoms. The summed E-state index contributed by atoms with van der Waals surface area (Å²) in [7, 11) is 0. The maximum absolute atomic E-state index is 10.2. The minimum Gasteiger partial charge on any atom is -0.502 e. The Labute approximate surface area is 116 Å². The Bertz CT molecular complexity index is 973. The van der Waals surface area contributed by atoms with E-state index in [4.69, 9.17) is 0 Å². The summed E-state index contributed by atoms with van der Waals surface area (Å²) >= 11 is 0. The summed E-state index contributed by atoms with van der Waals surface area (Å²) in [6.45, 7) is 2.06. The van der Waals surface area contributed by atoms with Gasteiger partial charge < -0.3 is 5.11 Å². The molecule has 2 aromatic carbocycles.